The van der Waals surface area contributed by atoms with Crippen LogP contribution in [0.5, 0.6) is 0 Å². The molecule has 0 saturated carbocycles. The molecule has 4 N–H and O–H groups in total. The fraction of sp³-hybridized carbons (Fsp3) is 0.538. The highest BCUT2D eigenvalue weighted by atomic mass is 32.2. The molecule has 1 aromatic rings. The van der Waals surface area contributed by atoms with Crippen LogP contribution in [0.15, 0.2) is 30.3 Å². The minimum Gasteiger partial charge on any atom is -0.390 e. The molecule has 0 aliphatic carbocycles. The van der Waals surface area contributed by atoms with Crippen molar-refractivity contribution in [3.8, 4) is 0 Å². The van der Waals surface area contributed by atoms with Crippen LogP contribution in [0.4, 0.5) is 0 Å². The van der Waals surface area contributed by atoms with E-state index in [1.165, 1.54) is 0 Å². The third kappa shape index (κ3) is 5.08. The maximum absolute atomic E-state index is 9.89. The van der Waals surface area contributed by atoms with Gasteiger partial charge < -0.3 is 15.9 Å². The normalized spacial score (nSPS) is 16.5. The van der Waals surface area contributed by atoms with Crippen molar-refractivity contribution < 1.29 is 10.2 Å². The second-order valence-electron chi connectivity index (χ2n) is 4.19. The van der Waals surface area contributed by atoms with Gasteiger partial charge in [-0.2, -0.15) is 11.8 Å². The van der Waals surface area contributed by atoms with Crippen LogP contribution in [0.1, 0.15) is 12.0 Å². The van der Waals surface area contributed by atoms with E-state index in [9.17, 15) is 10.2 Å². The molecular weight excluding hydrogens is 234 g/mol. The Balaban J connectivity index is 2.43. The van der Waals surface area contributed by atoms with Crippen molar-refractivity contribution in [1.29, 1.82) is 0 Å². The van der Waals surface area contributed by atoms with E-state index >= 15 is 0 Å². The number of benzene rings is 1. The SMILES string of the molecule is CSCCC(O)C(O)C(N)Cc1ccccc1. The van der Waals surface area contributed by atoms with Crippen molar-refractivity contribution in [2.75, 3.05) is 12.0 Å². The summed E-state index contributed by atoms with van der Waals surface area (Å²) in [6.07, 6.45) is 1.54. The fourth-order valence-corrected chi connectivity index (χ4v) is 2.18. The van der Waals surface area contributed by atoms with E-state index in [-0.39, 0.29) is 0 Å². The number of thioether (sulfide) groups is 1. The van der Waals surface area contributed by atoms with E-state index in [0.29, 0.717) is 12.8 Å². The third-order valence-corrected chi connectivity index (χ3v) is 3.41. The van der Waals surface area contributed by atoms with Gasteiger partial charge in [-0.1, -0.05) is 30.3 Å². The van der Waals surface area contributed by atoms with Crippen LogP contribution >= 0.6 is 11.8 Å². The lowest BCUT2D eigenvalue weighted by Crippen LogP contribution is -2.44. The maximum atomic E-state index is 9.89. The van der Waals surface area contributed by atoms with Gasteiger partial charge in [0, 0.05) is 6.04 Å². The molecule has 0 radical (unpaired) electrons. The average Bonchev–Trinajstić information content (AvgIpc) is 2.36. The summed E-state index contributed by atoms with van der Waals surface area (Å²) in [7, 11) is 0. The molecular formula is C13H21NO2S. The predicted molar refractivity (Wildman–Crippen MR) is 73.1 cm³/mol. The van der Waals surface area contributed by atoms with Crippen LogP contribution in [0.3, 0.4) is 0 Å². The van der Waals surface area contributed by atoms with Crippen LogP contribution in [-0.2, 0) is 6.42 Å². The van der Waals surface area contributed by atoms with Crippen LogP contribution in [0, 0.1) is 0 Å². The van der Waals surface area contributed by atoms with E-state index in [0.717, 1.165) is 11.3 Å². The van der Waals surface area contributed by atoms with Gasteiger partial charge in [0.05, 0.1) is 12.2 Å². The van der Waals surface area contributed by atoms with Gasteiger partial charge in [-0.25, -0.2) is 0 Å². The Hall–Kier alpha value is -0.550. The highest BCUT2D eigenvalue weighted by Gasteiger charge is 2.22. The lowest BCUT2D eigenvalue weighted by atomic mass is 9.97. The summed E-state index contributed by atoms with van der Waals surface area (Å²) in [5, 5.41) is 19.6. The molecule has 0 fully saturated rings. The molecule has 4 heteroatoms. The first-order valence-corrected chi connectivity index (χ1v) is 7.19. The third-order valence-electron chi connectivity index (χ3n) is 2.76. The average molecular weight is 255 g/mol. The number of aliphatic hydroxyl groups is 2. The summed E-state index contributed by atoms with van der Waals surface area (Å²) >= 11 is 1.65. The summed E-state index contributed by atoms with van der Waals surface area (Å²) in [4.78, 5) is 0. The summed E-state index contributed by atoms with van der Waals surface area (Å²) in [6.45, 7) is 0. The molecule has 0 aromatic heterocycles. The number of nitrogens with two attached hydrogens (primary N) is 1. The van der Waals surface area contributed by atoms with E-state index in [1.807, 2.05) is 36.6 Å². The second-order valence-corrected chi connectivity index (χ2v) is 5.18. The second kappa shape index (κ2) is 7.71. The molecule has 0 spiro atoms. The molecule has 0 heterocycles. The van der Waals surface area contributed by atoms with Crippen molar-refractivity contribution in [2.45, 2.75) is 31.1 Å². The maximum Gasteiger partial charge on any atom is 0.0952 e. The lowest BCUT2D eigenvalue weighted by Gasteiger charge is -2.23. The molecule has 1 aromatic carbocycles. The molecule has 1 rings (SSSR count). The molecule has 0 aliphatic heterocycles. The topological polar surface area (TPSA) is 66.5 Å². The van der Waals surface area contributed by atoms with Crippen molar-refractivity contribution in [1.82, 2.24) is 0 Å². The Morgan fingerprint density at radius 1 is 1.24 bits per heavy atom. The van der Waals surface area contributed by atoms with Crippen LogP contribution in [0.2, 0.25) is 0 Å². The van der Waals surface area contributed by atoms with E-state index in [4.69, 9.17) is 5.73 Å². The smallest absolute Gasteiger partial charge is 0.0952 e. The molecule has 0 aliphatic rings. The lowest BCUT2D eigenvalue weighted by molar-refractivity contribution is 0.00316. The summed E-state index contributed by atoms with van der Waals surface area (Å²) in [6, 6.07) is 9.35. The minimum atomic E-state index is -0.859. The summed E-state index contributed by atoms with van der Waals surface area (Å²) in [5.41, 5.74) is 6.98. The van der Waals surface area contributed by atoms with Crippen molar-refractivity contribution in [3.63, 3.8) is 0 Å². The molecule has 96 valence electrons. The van der Waals surface area contributed by atoms with Crippen LogP contribution in [-0.4, -0.2) is 40.5 Å². The molecule has 3 unspecified atom stereocenters. The molecule has 3 nitrogen and oxygen atoms in total. The Kier molecular flexibility index (Phi) is 6.58. The van der Waals surface area contributed by atoms with E-state index in [2.05, 4.69) is 0 Å². The largest absolute Gasteiger partial charge is 0.390 e. The van der Waals surface area contributed by atoms with Gasteiger partial charge in [0.15, 0.2) is 0 Å². The zero-order valence-electron chi connectivity index (χ0n) is 10.1. The van der Waals surface area contributed by atoms with E-state index < -0.39 is 18.2 Å². The zero-order valence-corrected chi connectivity index (χ0v) is 10.9. The number of rotatable bonds is 7. The first kappa shape index (κ1) is 14.5. The van der Waals surface area contributed by atoms with Gasteiger partial charge in [-0.05, 0) is 30.4 Å². The van der Waals surface area contributed by atoms with Crippen molar-refractivity contribution in [3.05, 3.63) is 35.9 Å². The summed E-state index contributed by atoms with van der Waals surface area (Å²) in [5.74, 6) is 0.830. The van der Waals surface area contributed by atoms with Gasteiger partial charge >= 0.3 is 0 Å². The highest BCUT2D eigenvalue weighted by molar-refractivity contribution is 7.98. The monoisotopic (exact) mass is 255 g/mol. The number of hydrogen-bond acceptors (Lipinski definition) is 4. The Labute approximate surface area is 107 Å². The zero-order chi connectivity index (χ0) is 12.7. The highest BCUT2D eigenvalue weighted by Crippen LogP contribution is 2.10. The quantitative estimate of drug-likeness (QED) is 0.681. The molecule has 17 heavy (non-hydrogen) atoms. The van der Waals surface area contributed by atoms with Gasteiger partial charge in [-0.3, -0.25) is 0 Å². The Morgan fingerprint density at radius 3 is 2.47 bits per heavy atom. The van der Waals surface area contributed by atoms with Crippen molar-refractivity contribution >= 4 is 11.8 Å². The van der Waals surface area contributed by atoms with Crippen molar-refractivity contribution in [2.24, 2.45) is 5.73 Å². The summed E-state index contributed by atoms with van der Waals surface area (Å²) < 4.78 is 0. The first-order valence-electron chi connectivity index (χ1n) is 5.79. The van der Waals surface area contributed by atoms with Gasteiger partial charge in [0.25, 0.3) is 0 Å². The molecule has 0 bridgehead atoms. The fourth-order valence-electron chi connectivity index (χ4n) is 1.70. The Bertz CT molecular complexity index is 308. The minimum absolute atomic E-state index is 0.422. The predicted octanol–water partition coefficient (Wildman–Crippen LogP) is 1.03. The Morgan fingerprint density at radius 2 is 1.88 bits per heavy atom. The number of hydrogen-bond donors (Lipinski definition) is 3. The van der Waals surface area contributed by atoms with Gasteiger partial charge in [0.1, 0.15) is 0 Å². The molecule has 0 saturated heterocycles. The molecule has 0 amide bonds. The first-order chi connectivity index (χ1) is 8.15. The van der Waals surface area contributed by atoms with E-state index in [1.54, 1.807) is 11.8 Å². The van der Waals surface area contributed by atoms with Crippen LogP contribution < -0.4 is 5.73 Å². The van der Waals surface area contributed by atoms with Gasteiger partial charge in [0.2, 0.25) is 0 Å². The number of aliphatic hydroxyl groups excluding tert-OH is 2. The molecule has 3 atom stereocenters. The van der Waals surface area contributed by atoms with Crippen LogP contribution in [0.25, 0.3) is 0 Å². The standard InChI is InChI=1S/C13H21NO2S/c1-17-8-7-12(15)13(16)11(14)9-10-5-3-2-4-6-10/h2-6,11-13,15-16H,7-9,14H2,1H3. The van der Waals surface area contributed by atoms with Gasteiger partial charge in [-0.15, -0.1) is 0 Å².